The maximum absolute atomic E-state index is 13.4. The topological polar surface area (TPSA) is 23.6 Å². The molecular weight excluding hydrogens is 332 g/mol. The smallest absolute Gasteiger partial charge is 0.232 e. The predicted octanol–water partition coefficient (Wildman–Crippen LogP) is 4.65. The van der Waals surface area contributed by atoms with E-state index < -0.39 is 0 Å². The molecular formula is C24H30N2O. The largest absolute Gasteiger partial charge is 0.330 e. The number of amides is 1. The molecule has 1 amide bonds. The first-order chi connectivity index (χ1) is 12.9. The van der Waals surface area contributed by atoms with Gasteiger partial charge in [-0.2, -0.15) is 0 Å². The standard InChI is InChI=1S/C24H30N2O/c1-23(2,3)25-16-14-24(15-17-25)21(20-12-8-5-9-13-20)26(22(24)27)18-19-10-6-4-7-11-19/h4-13,21H,14-18H2,1-3H3. The highest BCUT2D eigenvalue weighted by atomic mass is 16.2. The van der Waals surface area contributed by atoms with E-state index in [-0.39, 0.29) is 17.0 Å². The summed E-state index contributed by atoms with van der Waals surface area (Å²) < 4.78 is 0. The Morgan fingerprint density at radius 3 is 2.04 bits per heavy atom. The van der Waals surface area contributed by atoms with Gasteiger partial charge >= 0.3 is 0 Å². The molecule has 3 nitrogen and oxygen atoms in total. The number of nitrogens with zero attached hydrogens (tertiary/aromatic N) is 2. The zero-order chi connectivity index (χ0) is 19.1. The fourth-order valence-corrected chi connectivity index (χ4v) is 4.89. The average Bonchev–Trinajstić information content (AvgIpc) is 2.68. The summed E-state index contributed by atoms with van der Waals surface area (Å²) in [5.41, 5.74) is 2.42. The van der Waals surface area contributed by atoms with Crippen LogP contribution >= 0.6 is 0 Å². The molecule has 1 spiro atoms. The minimum Gasteiger partial charge on any atom is -0.330 e. The van der Waals surface area contributed by atoms with Crippen molar-refractivity contribution in [2.45, 2.75) is 51.7 Å². The van der Waals surface area contributed by atoms with E-state index in [1.54, 1.807) is 0 Å². The van der Waals surface area contributed by atoms with Crippen LogP contribution in [0, 0.1) is 5.41 Å². The molecule has 0 saturated carbocycles. The molecule has 2 aromatic rings. The summed E-state index contributed by atoms with van der Waals surface area (Å²) in [5, 5.41) is 0. The van der Waals surface area contributed by atoms with Crippen molar-refractivity contribution in [3.63, 3.8) is 0 Å². The number of rotatable bonds is 3. The maximum atomic E-state index is 13.4. The van der Waals surface area contributed by atoms with E-state index in [1.807, 2.05) is 6.07 Å². The second kappa shape index (κ2) is 6.79. The van der Waals surface area contributed by atoms with Gasteiger partial charge < -0.3 is 4.90 Å². The van der Waals surface area contributed by atoms with Crippen molar-refractivity contribution >= 4 is 5.91 Å². The van der Waals surface area contributed by atoms with E-state index in [9.17, 15) is 4.79 Å². The molecule has 0 radical (unpaired) electrons. The minimum absolute atomic E-state index is 0.167. The van der Waals surface area contributed by atoms with Crippen molar-refractivity contribution in [3.05, 3.63) is 71.8 Å². The summed E-state index contributed by atoms with van der Waals surface area (Å²) in [5.74, 6) is 0.341. The van der Waals surface area contributed by atoms with Gasteiger partial charge in [-0.25, -0.2) is 0 Å². The number of piperidine rings is 1. The highest BCUT2D eigenvalue weighted by Crippen LogP contribution is 2.56. The lowest BCUT2D eigenvalue weighted by Gasteiger charge is -2.60. The Hall–Kier alpha value is -2.13. The van der Waals surface area contributed by atoms with E-state index in [0.717, 1.165) is 25.9 Å². The second-order valence-electron chi connectivity index (χ2n) is 9.05. The SMILES string of the molecule is CC(C)(C)N1CCC2(CC1)C(=O)N(Cc1ccccc1)C2c1ccccc1. The normalized spacial score (nSPS) is 22.7. The molecule has 2 saturated heterocycles. The third-order valence-corrected chi connectivity index (χ3v) is 6.44. The monoisotopic (exact) mass is 362 g/mol. The molecule has 1 atom stereocenters. The lowest BCUT2D eigenvalue weighted by molar-refractivity contribution is -0.183. The third kappa shape index (κ3) is 3.19. The third-order valence-electron chi connectivity index (χ3n) is 6.44. The Labute approximate surface area is 163 Å². The van der Waals surface area contributed by atoms with Gasteiger partial charge in [-0.3, -0.25) is 9.69 Å². The fourth-order valence-electron chi connectivity index (χ4n) is 4.89. The molecule has 4 rings (SSSR count). The van der Waals surface area contributed by atoms with Crippen LogP contribution in [0.4, 0.5) is 0 Å². The van der Waals surface area contributed by atoms with Crippen LogP contribution in [0.5, 0.6) is 0 Å². The summed E-state index contributed by atoms with van der Waals surface area (Å²) in [7, 11) is 0. The molecule has 27 heavy (non-hydrogen) atoms. The number of β-lactam (4-membered cyclic amide) rings is 1. The summed E-state index contributed by atoms with van der Waals surface area (Å²) in [6.07, 6.45) is 1.90. The van der Waals surface area contributed by atoms with Gasteiger partial charge in [0.25, 0.3) is 0 Å². The van der Waals surface area contributed by atoms with Gasteiger partial charge in [-0.1, -0.05) is 60.7 Å². The second-order valence-corrected chi connectivity index (χ2v) is 9.05. The molecule has 0 bridgehead atoms. The Balaban J connectivity index is 1.61. The zero-order valence-corrected chi connectivity index (χ0v) is 16.7. The van der Waals surface area contributed by atoms with E-state index in [2.05, 4.69) is 85.2 Å². The number of carbonyl (C=O) groups excluding carboxylic acids is 1. The van der Waals surface area contributed by atoms with Crippen molar-refractivity contribution in [2.24, 2.45) is 5.41 Å². The molecule has 2 fully saturated rings. The molecule has 2 aliphatic heterocycles. The van der Waals surface area contributed by atoms with Crippen molar-refractivity contribution in [1.29, 1.82) is 0 Å². The summed E-state index contributed by atoms with van der Waals surface area (Å²) in [6.45, 7) is 9.50. The molecule has 0 aliphatic carbocycles. The number of carbonyl (C=O) groups is 1. The highest BCUT2D eigenvalue weighted by Gasteiger charge is 2.61. The lowest BCUT2D eigenvalue weighted by atomic mass is 9.62. The van der Waals surface area contributed by atoms with E-state index in [1.165, 1.54) is 11.1 Å². The minimum atomic E-state index is -0.224. The van der Waals surface area contributed by atoms with E-state index >= 15 is 0 Å². The van der Waals surface area contributed by atoms with Crippen LogP contribution in [-0.2, 0) is 11.3 Å². The van der Waals surface area contributed by atoms with Gasteiger partial charge in [0.1, 0.15) is 0 Å². The van der Waals surface area contributed by atoms with Gasteiger partial charge in [-0.05, 0) is 57.8 Å². The Morgan fingerprint density at radius 1 is 0.926 bits per heavy atom. The van der Waals surface area contributed by atoms with Crippen LogP contribution < -0.4 is 0 Å². The molecule has 2 aromatic carbocycles. The molecule has 142 valence electrons. The summed E-state index contributed by atoms with van der Waals surface area (Å²) in [6, 6.07) is 21.2. The molecule has 3 heteroatoms. The molecule has 2 aliphatic rings. The molecule has 1 unspecified atom stereocenters. The maximum Gasteiger partial charge on any atom is 0.232 e. The van der Waals surface area contributed by atoms with Crippen LogP contribution in [-0.4, -0.2) is 34.3 Å². The summed E-state index contributed by atoms with van der Waals surface area (Å²) in [4.78, 5) is 18.0. The van der Waals surface area contributed by atoms with Crippen LogP contribution in [0.2, 0.25) is 0 Å². The van der Waals surface area contributed by atoms with E-state index in [0.29, 0.717) is 12.5 Å². The molecule has 0 aromatic heterocycles. The van der Waals surface area contributed by atoms with Crippen molar-refractivity contribution < 1.29 is 4.79 Å². The van der Waals surface area contributed by atoms with Gasteiger partial charge in [-0.15, -0.1) is 0 Å². The average molecular weight is 363 g/mol. The number of benzene rings is 2. The highest BCUT2D eigenvalue weighted by molar-refractivity contribution is 5.91. The van der Waals surface area contributed by atoms with Crippen molar-refractivity contribution in [3.8, 4) is 0 Å². The number of hydrogen-bond acceptors (Lipinski definition) is 2. The van der Waals surface area contributed by atoms with Crippen LogP contribution in [0.3, 0.4) is 0 Å². The van der Waals surface area contributed by atoms with Crippen LogP contribution in [0.25, 0.3) is 0 Å². The quantitative estimate of drug-likeness (QED) is 0.742. The van der Waals surface area contributed by atoms with Gasteiger partial charge in [0, 0.05) is 12.1 Å². The number of likely N-dealkylation sites (tertiary alicyclic amines) is 2. The first-order valence-electron chi connectivity index (χ1n) is 10.1. The number of hydrogen-bond donors (Lipinski definition) is 0. The van der Waals surface area contributed by atoms with Gasteiger partial charge in [0.15, 0.2) is 0 Å². The van der Waals surface area contributed by atoms with Gasteiger partial charge in [0.2, 0.25) is 5.91 Å². The first kappa shape index (κ1) is 18.2. The molecule has 2 heterocycles. The molecule has 0 N–H and O–H groups in total. The zero-order valence-electron chi connectivity index (χ0n) is 16.7. The van der Waals surface area contributed by atoms with Crippen molar-refractivity contribution in [1.82, 2.24) is 9.80 Å². The summed E-state index contributed by atoms with van der Waals surface area (Å²) >= 11 is 0. The van der Waals surface area contributed by atoms with Crippen LogP contribution in [0.15, 0.2) is 60.7 Å². The van der Waals surface area contributed by atoms with Crippen molar-refractivity contribution in [2.75, 3.05) is 13.1 Å². The fraction of sp³-hybridized carbons (Fsp3) is 0.458. The van der Waals surface area contributed by atoms with Gasteiger partial charge in [0.05, 0.1) is 11.5 Å². The Bertz CT molecular complexity index is 786. The van der Waals surface area contributed by atoms with E-state index in [4.69, 9.17) is 0 Å². The Morgan fingerprint density at radius 2 is 1.48 bits per heavy atom. The van der Waals surface area contributed by atoms with Crippen LogP contribution in [0.1, 0.15) is 50.8 Å². The first-order valence-corrected chi connectivity index (χ1v) is 10.1. The predicted molar refractivity (Wildman–Crippen MR) is 109 cm³/mol. The Kier molecular flexibility index (Phi) is 4.59. The lowest BCUT2D eigenvalue weighted by Crippen LogP contribution is -2.66.